The van der Waals surface area contributed by atoms with Crippen molar-refractivity contribution in [3.05, 3.63) is 12.2 Å². The van der Waals surface area contributed by atoms with E-state index < -0.39 is 0 Å². The van der Waals surface area contributed by atoms with Gasteiger partial charge in [0.15, 0.2) is 5.78 Å². The quantitative estimate of drug-likeness (QED) is 0.638. The van der Waals surface area contributed by atoms with E-state index in [0.29, 0.717) is 12.3 Å². The van der Waals surface area contributed by atoms with E-state index in [1.807, 2.05) is 6.08 Å². The van der Waals surface area contributed by atoms with Gasteiger partial charge in [-0.15, -0.1) is 0 Å². The van der Waals surface area contributed by atoms with E-state index in [0.717, 1.165) is 45.7 Å². The zero-order valence-corrected chi connectivity index (χ0v) is 11.2. The standard InChI is InChI=1S/C14H25NO2/c1-13(2)5-3-6-14(16)7-4-8-15-9-11-17-12-10-15/h4,7,13H,3,5-6,8-12H2,1-2H3/b7-4+. The van der Waals surface area contributed by atoms with Crippen molar-refractivity contribution in [2.75, 3.05) is 32.8 Å². The first-order chi connectivity index (χ1) is 8.18. The third-order valence-corrected chi connectivity index (χ3v) is 2.98. The molecule has 0 aromatic rings. The van der Waals surface area contributed by atoms with Crippen LogP contribution in [0.3, 0.4) is 0 Å². The Bertz CT molecular complexity index is 243. The summed E-state index contributed by atoms with van der Waals surface area (Å²) in [5.41, 5.74) is 0. The second-order valence-corrected chi connectivity index (χ2v) is 5.07. The van der Waals surface area contributed by atoms with Gasteiger partial charge in [0.2, 0.25) is 0 Å². The lowest BCUT2D eigenvalue weighted by atomic mass is 10.0. The molecular formula is C14H25NO2. The second-order valence-electron chi connectivity index (χ2n) is 5.07. The van der Waals surface area contributed by atoms with Crippen LogP contribution >= 0.6 is 0 Å². The number of hydrogen-bond donors (Lipinski definition) is 0. The van der Waals surface area contributed by atoms with Gasteiger partial charge in [0.25, 0.3) is 0 Å². The number of carbonyl (C=O) groups is 1. The van der Waals surface area contributed by atoms with E-state index in [2.05, 4.69) is 18.7 Å². The van der Waals surface area contributed by atoms with Gasteiger partial charge in [-0.05, 0) is 18.4 Å². The van der Waals surface area contributed by atoms with Crippen LogP contribution < -0.4 is 0 Å². The molecule has 0 aliphatic carbocycles. The van der Waals surface area contributed by atoms with E-state index >= 15 is 0 Å². The Morgan fingerprint density at radius 3 is 2.71 bits per heavy atom. The van der Waals surface area contributed by atoms with Gasteiger partial charge in [-0.2, -0.15) is 0 Å². The van der Waals surface area contributed by atoms with Gasteiger partial charge in [0.1, 0.15) is 0 Å². The summed E-state index contributed by atoms with van der Waals surface area (Å²) in [7, 11) is 0. The molecule has 0 atom stereocenters. The fourth-order valence-corrected chi connectivity index (χ4v) is 1.88. The highest BCUT2D eigenvalue weighted by Crippen LogP contribution is 2.06. The van der Waals surface area contributed by atoms with E-state index in [1.54, 1.807) is 6.08 Å². The average molecular weight is 239 g/mol. The number of ether oxygens (including phenoxy) is 1. The molecule has 0 unspecified atom stereocenters. The number of rotatable bonds is 7. The molecule has 1 aliphatic rings. The molecule has 0 N–H and O–H groups in total. The highest BCUT2D eigenvalue weighted by molar-refractivity contribution is 5.89. The molecule has 3 heteroatoms. The molecule has 1 aliphatic heterocycles. The van der Waals surface area contributed by atoms with E-state index in [1.165, 1.54) is 0 Å². The largest absolute Gasteiger partial charge is 0.379 e. The number of allylic oxidation sites excluding steroid dienone is 1. The summed E-state index contributed by atoms with van der Waals surface area (Å²) in [5, 5.41) is 0. The molecule has 98 valence electrons. The van der Waals surface area contributed by atoms with E-state index in [-0.39, 0.29) is 5.78 Å². The summed E-state index contributed by atoms with van der Waals surface area (Å²) in [5.74, 6) is 0.957. The fourth-order valence-electron chi connectivity index (χ4n) is 1.88. The minimum Gasteiger partial charge on any atom is -0.379 e. The molecule has 0 spiro atoms. The van der Waals surface area contributed by atoms with Gasteiger partial charge in [-0.25, -0.2) is 0 Å². The van der Waals surface area contributed by atoms with Crippen molar-refractivity contribution in [3.8, 4) is 0 Å². The smallest absolute Gasteiger partial charge is 0.155 e. The first kappa shape index (κ1) is 14.4. The van der Waals surface area contributed by atoms with Crippen molar-refractivity contribution >= 4 is 5.78 Å². The molecular weight excluding hydrogens is 214 g/mol. The van der Waals surface area contributed by atoms with Gasteiger partial charge < -0.3 is 4.74 Å². The number of carbonyl (C=O) groups excluding carboxylic acids is 1. The highest BCUT2D eigenvalue weighted by atomic mass is 16.5. The second kappa shape index (κ2) is 8.43. The fraction of sp³-hybridized carbons (Fsp3) is 0.786. The van der Waals surface area contributed by atoms with Crippen LogP contribution in [0, 0.1) is 5.92 Å². The Morgan fingerprint density at radius 2 is 2.06 bits per heavy atom. The van der Waals surface area contributed by atoms with Crippen LogP contribution in [0.1, 0.15) is 33.1 Å². The molecule has 0 saturated carbocycles. The summed E-state index contributed by atoms with van der Waals surface area (Å²) in [4.78, 5) is 13.8. The predicted molar refractivity (Wildman–Crippen MR) is 70.1 cm³/mol. The van der Waals surface area contributed by atoms with Crippen LogP contribution in [0.15, 0.2) is 12.2 Å². The van der Waals surface area contributed by atoms with Crippen molar-refractivity contribution in [2.24, 2.45) is 5.92 Å². The number of morpholine rings is 1. The molecule has 0 amide bonds. The van der Waals surface area contributed by atoms with Gasteiger partial charge in [0.05, 0.1) is 13.2 Å². The normalized spacial score (nSPS) is 18.1. The van der Waals surface area contributed by atoms with Crippen LogP contribution in [0.5, 0.6) is 0 Å². The Hall–Kier alpha value is -0.670. The first-order valence-electron chi connectivity index (χ1n) is 6.68. The third-order valence-electron chi connectivity index (χ3n) is 2.98. The first-order valence-corrected chi connectivity index (χ1v) is 6.68. The zero-order chi connectivity index (χ0) is 12.5. The molecule has 1 saturated heterocycles. The van der Waals surface area contributed by atoms with Crippen molar-refractivity contribution in [3.63, 3.8) is 0 Å². The lowest BCUT2D eigenvalue weighted by Gasteiger charge is -2.25. The van der Waals surface area contributed by atoms with Crippen molar-refractivity contribution in [1.29, 1.82) is 0 Å². The van der Waals surface area contributed by atoms with Crippen molar-refractivity contribution in [1.82, 2.24) is 4.90 Å². The van der Waals surface area contributed by atoms with Gasteiger partial charge in [-0.1, -0.05) is 26.3 Å². The summed E-state index contributed by atoms with van der Waals surface area (Å²) >= 11 is 0. The lowest BCUT2D eigenvalue weighted by molar-refractivity contribution is -0.114. The summed E-state index contributed by atoms with van der Waals surface area (Å²) in [6.07, 6.45) is 6.58. The zero-order valence-electron chi connectivity index (χ0n) is 11.2. The predicted octanol–water partition coefficient (Wildman–Crippen LogP) is 2.27. The Balaban J connectivity index is 2.08. The summed E-state index contributed by atoms with van der Waals surface area (Å²) in [6.45, 7) is 8.85. The molecule has 1 fully saturated rings. The minimum atomic E-state index is 0.263. The van der Waals surface area contributed by atoms with Crippen LogP contribution in [0.4, 0.5) is 0 Å². The van der Waals surface area contributed by atoms with Crippen LogP contribution in [0.25, 0.3) is 0 Å². The molecule has 3 nitrogen and oxygen atoms in total. The van der Waals surface area contributed by atoms with Gasteiger partial charge in [-0.3, -0.25) is 9.69 Å². The molecule has 0 bridgehead atoms. The number of hydrogen-bond acceptors (Lipinski definition) is 3. The summed E-state index contributed by atoms with van der Waals surface area (Å²) < 4.78 is 5.27. The molecule has 0 radical (unpaired) electrons. The van der Waals surface area contributed by atoms with Crippen LogP contribution in [0.2, 0.25) is 0 Å². The van der Waals surface area contributed by atoms with Crippen molar-refractivity contribution < 1.29 is 9.53 Å². The van der Waals surface area contributed by atoms with Gasteiger partial charge >= 0.3 is 0 Å². The molecule has 17 heavy (non-hydrogen) atoms. The van der Waals surface area contributed by atoms with E-state index in [4.69, 9.17) is 4.74 Å². The highest BCUT2D eigenvalue weighted by Gasteiger charge is 2.07. The maximum atomic E-state index is 11.5. The number of nitrogens with zero attached hydrogens (tertiary/aromatic N) is 1. The lowest BCUT2D eigenvalue weighted by Crippen LogP contribution is -2.36. The third kappa shape index (κ3) is 7.29. The van der Waals surface area contributed by atoms with E-state index in [9.17, 15) is 4.79 Å². The monoisotopic (exact) mass is 239 g/mol. The van der Waals surface area contributed by atoms with Crippen LogP contribution in [-0.4, -0.2) is 43.5 Å². The maximum absolute atomic E-state index is 11.5. The average Bonchev–Trinajstić information content (AvgIpc) is 2.30. The Labute approximate surface area is 105 Å². The van der Waals surface area contributed by atoms with Gasteiger partial charge in [0, 0.05) is 26.1 Å². The Kier molecular flexibility index (Phi) is 7.13. The molecule has 0 aromatic heterocycles. The molecule has 1 rings (SSSR count). The Morgan fingerprint density at radius 1 is 1.35 bits per heavy atom. The molecule has 1 heterocycles. The minimum absolute atomic E-state index is 0.263. The van der Waals surface area contributed by atoms with Crippen LogP contribution in [-0.2, 0) is 9.53 Å². The van der Waals surface area contributed by atoms with Crippen molar-refractivity contribution in [2.45, 2.75) is 33.1 Å². The SMILES string of the molecule is CC(C)CCCC(=O)/C=C/CN1CCOCC1. The summed E-state index contributed by atoms with van der Waals surface area (Å²) in [6, 6.07) is 0. The topological polar surface area (TPSA) is 29.5 Å². The molecule has 0 aromatic carbocycles. The number of ketones is 1. The maximum Gasteiger partial charge on any atom is 0.155 e.